The Kier molecular flexibility index (Phi) is 5.80. The molecule has 0 aliphatic carbocycles. The molecule has 0 N–H and O–H groups in total. The van der Waals surface area contributed by atoms with E-state index in [1.165, 1.54) is 5.56 Å². The van der Waals surface area contributed by atoms with E-state index in [0.29, 0.717) is 12.0 Å². The third-order valence-electron chi connectivity index (χ3n) is 5.44. The highest BCUT2D eigenvalue weighted by Crippen LogP contribution is 2.26. The molecule has 2 aliphatic rings. The second kappa shape index (κ2) is 7.85. The van der Waals surface area contributed by atoms with Crippen LogP contribution in [-0.4, -0.2) is 65.9 Å². The van der Waals surface area contributed by atoms with Gasteiger partial charge in [0, 0.05) is 63.8 Å². The van der Waals surface area contributed by atoms with Gasteiger partial charge in [0.1, 0.15) is 0 Å². The second-order valence-corrected chi connectivity index (χ2v) is 7.63. The standard InChI is InChI=1S/C19H28ClN3O/c1-15-12-21(13-17-6-3-4-7-18(17)20)14-19(15)23-9-5-8-22(10-11-23)16(2)24/h3-4,6-7,15,19H,5,8-14H2,1-2H3/t15-,19-/m0/s1. The molecular formula is C19H28ClN3O. The van der Waals surface area contributed by atoms with Crippen molar-refractivity contribution in [1.29, 1.82) is 0 Å². The molecule has 2 aliphatic heterocycles. The third kappa shape index (κ3) is 4.11. The monoisotopic (exact) mass is 349 g/mol. The highest BCUT2D eigenvalue weighted by atomic mass is 35.5. The van der Waals surface area contributed by atoms with Crippen molar-refractivity contribution in [2.45, 2.75) is 32.9 Å². The number of benzene rings is 1. The van der Waals surface area contributed by atoms with Crippen LogP contribution in [0.15, 0.2) is 24.3 Å². The fourth-order valence-corrected chi connectivity index (χ4v) is 4.30. The van der Waals surface area contributed by atoms with Gasteiger partial charge in [0.2, 0.25) is 5.91 Å². The maximum atomic E-state index is 11.6. The first-order chi connectivity index (χ1) is 11.5. The molecule has 2 saturated heterocycles. The summed E-state index contributed by atoms with van der Waals surface area (Å²) in [6.45, 7) is 11.0. The minimum atomic E-state index is 0.205. The second-order valence-electron chi connectivity index (χ2n) is 7.23. The Morgan fingerprint density at radius 3 is 2.71 bits per heavy atom. The lowest BCUT2D eigenvalue weighted by atomic mass is 10.0. The number of carbonyl (C=O) groups is 1. The molecule has 0 aromatic heterocycles. The summed E-state index contributed by atoms with van der Waals surface area (Å²) in [7, 11) is 0. The predicted octanol–water partition coefficient (Wildman–Crippen LogP) is 2.71. The number of carbonyl (C=O) groups excluding carboxylic acids is 1. The summed E-state index contributed by atoms with van der Waals surface area (Å²) in [6, 6.07) is 8.72. The van der Waals surface area contributed by atoms with Crippen molar-refractivity contribution >= 4 is 17.5 Å². The van der Waals surface area contributed by atoms with Crippen LogP contribution in [0, 0.1) is 5.92 Å². The van der Waals surface area contributed by atoms with E-state index in [-0.39, 0.29) is 5.91 Å². The quantitative estimate of drug-likeness (QED) is 0.839. The van der Waals surface area contributed by atoms with Crippen molar-refractivity contribution in [1.82, 2.24) is 14.7 Å². The van der Waals surface area contributed by atoms with Gasteiger partial charge >= 0.3 is 0 Å². The third-order valence-corrected chi connectivity index (χ3v) is 5.81. The molecule has 2 fully saturated rings. The number of hydrogen-bond acceptors (Lipinski definition) is 3. The molecule has 5 heteroatoms. The smallest absolute Gasteiger partial charge is 0.219 e. The Bertz CT molecular complexity index is 579. The summed E-state index contributed by atoms with van der Waals surface area (Å²) in [5.41, 5.74) is 1.21. The Labute approximate surface area is 150 Å². The molecule has 0 unspecified atom stereocenters. The van der Waals surface area contributed by atoms with E-state index >= 15 is 0 Å². The summed E-state index contributed by atoms with van der Waals surface area (Å²) in [6.07, 6.45) is 1.08. The summed E-state index contributed by atoms with van der Waals surface area (Å²) in [5, 5.41) is 0.862. The van der Waals surface area contributed by atoms with Gasteiger partial charge in [-0.05, 0) is 24.0 Å². The average molecular weight is 350 g/mol. The summed E-state index contributed by atoms with van der Waals surface area (Å²) < 4.78 is 0. The zero-order chi connectivity index (χ0) is 17.1. The zero-order valence-electron chi connectivity index (χ0n) is 14.7. The summed E-state index contributed by atoms with van der Waals surface area (Å²) >= 11 is 6.32. The maximum Gasteiger partial charge on any atom is 0.219 e. The van der Waals surface area contributed by atoms with Gasteiger partial charge in [0.15, 0.2) is 0 Å². The van der Waals surface area contributed by atoms with Gasteiger partial charge in [-0.25, -0.2) is 0 Å². The number of rotatable bonds is 3. The molecule has 0 radical (unpaired) electrons. The fourth-order valence-electron chi connectivity index (χ4n) is 4.10. The molecule has 1 aromatic carbocycles. The first-order valence-electron chi connectivity index (χ1n) is 9.00. The molecule has 1 amide bonds. The molecule has 2 heterocycles. The van der Waals surface area contributed by atoms with Crippen molar-refractivity contribution in [2.75, 3.05) is 39.3 Å². The van der Waals surface area contributed by atoms with Crippen molar-refractivity contribution in [3.8, 4) is 0 Å². The molecule has 0 saturated carbocycles. The van der Waals surface area contributed by atoms with Gasteiger partial charge in [0.25, 0.3) is 0 Å². The highest BCUT2D eigenvalue weighted by Gasteiger charge is 2.34. The number of amides is 1. The van der Waals surface area contributed by atoms with E-state index in [2.05, 4.69) is 28.9 Å². The molecule has 0 bridgehead atoms. The molecule has 24 heavy (non-hydrogen) atoms. The van der Waals surface area contributed by atoms with E-state index in [9.17, 15) is 4.79 Å². The lowest BCUT2D eigenvalue weighted by Crippen LogP contribution is -2.42. The topological polar surface area (TPSA) is 26.8 Å². The first-order valence-corrected chi connectivity index (χ1v) is 9.37. The molecule has 0 spiro atoms. The molecular weight excluding hydrogens is 322 g/mol. The van der Waals surface area contributed by atoms with Gasteiger partial charge in [-0.3, -0.25) is 14.6 Å². The normalized spacial score (nSPS) is 26.5. The van der Waals surface area contributed by atoms with E-state index in [4.69, 9.17) is 11.6 Å². The lowest BCUT2D eigenvalue weighted by Gasteiger charge is -2.30. The largest absolute Gasteiger partial charge is 0.342 e. The van der Waals surface area contributed by atoms with Crippen LogP contribution in [0.3, 0.4) is 0 Å². The SMILES string of the molecule is CC(=O)N1CCCN([C@H]2CN(Cc3ccccc3Cl)C[C@@H]2C)CC1. The van der Waals surface area contributed by atoms with E-state index in [0.717, 1.165) is 57.3 Å². The van der Waals surface area contributed by atoms with E-state index < -0.39 is 0 Å². The average Bonchev–Trinajstić information content (AvgIpc) is 2.76. The van der Waals surface area contributed by atoms with Crippen LogP contribution in [0.25, 0.3) is 0 Å². The van der Waals surface area contributed by atoms with Crippen molar-refractivity contribution in [3.05, 3.63) is 34.9 Å². The van der Waals surface area contributed by atoms with E-state index in [1.54, 1.807) is 6.92 Å². The van der Waals surface area contributed by atoms with Gasteiger partial charge in [0.05, 0.1) is 0 Å². The van der Waals surface area contributed by atoms with Gasteiger partial charge in [-0.2, -0.15) is 0 Å². The van der Waals surface area contributed by atoms with Crippen LogP contribution in [0.1, 0.15) is 25.8 Å². The molecule has 4 nitrogen and oxygen atoms in total. The zero-order valence-corrected chi connectivity index (χ0v) is 15.5. The van der Waals surface area contributed by atoms with Crippen LogP contribution >= 0.6 is 11.6 Å². The Morgan fingerprint density at radius 2 is 1.96 bits per heavy atom. The van der Waals surface area contributed by atoms with Crippen LogP contribution in [-0.2, 0) is 11.3 Å². The number of likely N-dealkylation sites (tertiary alicyclic amines) is 1. The molecule has 132 valence electrons. The Morgan fingerprint density at radius 1 is 1.17 bits per heavy atom. The Balaban J connectivity index is 1.59. The van der Waals surface area contributed by atoms with Gasteiger partial charge < -0.3 is 4.90 Å². The first kappa shape index (κ1) is 17.7. The Hall–Kier alpha value is -1.10. The number of halogens is 1. The van der Waals surface area contributed by atoms with E-state index in [1.807, 2.05) is 17.0 Å². The van der Waals surface area contributed by atoms with Gasteiger partial charge in [-0.1, -0.05) is 36.7 Å². The fraction of sp³-hybridized carbons (Fsp3) is 0.632. The lowest BCUT2D eigenvalue weighted by molar-refractivity contribution is -0.128. The van der Waals surface area contributed by atoms with Crippen LogP contribution in [0.4, 0.5) is 0 Å². The van der Waals surface area contributed by atoms with Crippen LogP contribution in [0.2, 0.25) is 5.02 Å². The maximum absolute atomic E-state index is 11.6. The highest BCUT2D eigenvalue weighted by molar-refractivity contribution is 6.31. The molecule has 1 aromatic rings. The van der Waals surface area contributed by atoms with Crippen LogP contribution < -0.4 is 0 Å². The van der Waals surface area contributed by atoms with Gasteiger partial charge in [-0.15, -0.1) is 0 Å². The number of hydrogen-bond donors (Lipinski definition) is 0. The van der Waals surface area contributed by atoms with Crippen molar-refractivity contribution in [3.63, 3.8) is 0 Å². The summed E-state index contributed by atoms with van der Waals surface area (Å²) in [4.78, 5) is 18.7. The van der Waals surface area contributed by atoms with Crippen molar-refractivity contribution < 1.29 is 4.79 Å². The minimum Gasteiger partial charge on any atom is -0.342 e. The molecule has 2 atom stereocenters. The molecule has 3 rings (SSSR count). The number of nitrogens with zero attached hydrogens (tertiary/aromatic N) is 3. The summed E-state index contributed by atoms with van der Waals surface area (Å²) in [5.74, 6) is 0.855. The van der Waals surface area contributed by atoms with Crippen LogP contribution in [0.5, 0.6) is 0 Å². The minimum absolute atomic E-state index is 0.205. The van der Waals surface area contributed by atoms with Crippen molar-refractivity contribution in [2.24, 2.45) is 5.92 Å². The predicted molar refractivity (Wildman–Crippen MR) is 98.1 cm³/mol.